The molecule has 14 heavy (non-hydrogen) atoms. The first-order valence-corrected chi connectivity index (χ1v) is 5.32. The Balaban J connectivity index is 1.62. The van der Waals surface area contributed by atoms with Crippen molar-refractivity contribution in [1.29, 1.82) is 0 Å². The van der Waals surface area contributed by atoms with Crippen LogP contribution in [0.5, 0.6) is 0 Å². The molecule has 6 saturated carbocycles. The summed E-state index contributed by atoms with van der Waals surface area (Å²) in [5, 5.41) is 0. The summed E-state index contributed by atoms with van der Waals surface area (Å²) in [6.45, 7) is 0. The second kappa shape index (κ2) is 1.29. The highest BCUT2D eigenvalue weighted by atomic mass is 16.5. The summed E-state index contributed by atoms with van der Waals surface area (Å²) in [4.78, 5) is 22.7. The molecular formula is C11H10O3. The first-order valence-electron chi connectivity index (χ1n) is 5.32. The molecule has 0 amide bonds. The molecule has 6 fully saturated rings. The van der Waals surface area contributed by atoms with Crippen molar-refractivity contribution < 1.29 is 14.3 Å². The Bertz CT molecular complexity index is 371. The largest absolute Gasteiger partial charge is 0.469 e. The molecule has 0 N–H and O–H groups in total. The summed E-state index contributed by atoms with van der Waals surface area (Å²) in [5.41, 5.74) is 0.00921. The molecule has 0 atom stereocenters. The summed E-state index contributed by atoms with van der Waals surface area (Å²) in [6.07, 6.45) is 1.19. The Morgan fingerprint density at radius 2 is 1.64 bits per heavy atom. The number of methoxy groups -OCH3 is 1. The lowest BCUT2D eigenvalue weighted by molar-refractivity contribution is -0.624. The minimum Gasteiger partial charge on any atom is -0.469 e. The maximum absolute atomic E-state index is 11.7. The molecule has 72 valence electrons. The summed E-state index contributed by atoms with van der Waals surface area (Å²) in [7, 11) is 1.49. The van der Waals surface area contributed by atoms with Crippen molar-refractivity contribution in [1.82, 2.24) is 0 Å². The number of aldehydes is 1. The van der Waals surface area contributed by atoms with E-state index in [9.17, 15) is 9.59 Å². The lowest BCUT2D eigenvalue weighted by atomic mass is 8.92. The van der Waals surface area contributed by atoms with Gasteiger partial charge in [-0.1, -0.05) is 0 Å². The highest BCUT2D eigenvalue weighted by Crippen LogP contribution is 3.09. The average molecular weight is 190 g/mol. The first kappa shape index (κ1) is 6.59. The molecule has 6 rings (SSSR count). The minimum absolute atomic E-state index is 0.0143. The van der Waals surface area contributed by atoms with Gasteiger partial charge in [-0.3, -0.25) is 4.79 Å². The summed E-state index contributed by atoms with van der Waals surface area (Å²) in [5.74, 6) is 3.39. The van der Waals surface area contributed by atoms with Crippen molar-refractivity contribution in [2.24, 2.45) is 46.3 Å². The van der Waals surface area contributed by atoms with E-state index < -0.39 is 0 Å². The second-order valence-corrected chi connectivity index (χ2v) is 5.70. The molecule has 6 aliphatic carbocycles. The van der Waals surface area contributed by atoms with Gasteiger partial charge in [0.05, 0.1) is 12.5 Å². The molecule has 0 heterocycles. The normalized spacial score (nSPS) is 76.6. The summed E-state index contributed by atoms with van der Waals surface area (Å²) >= 11 is 0. The predicted molar refractivity (Wildman–Crippen MR) is 43.9 cm³/mol. The molecule has 0 unspecified atom stereocenters. The molecule has 0 aromatic carbocycles. The minimum atomic E-state index is -0.0699. The van der Waals surface area contributed by atoms with Gasteiger partial charge in [-0.25, -0.2) is 0 Å². The molecule has 0 spiro atoms. The van der Waals surface area contributed by atoms with Crippen molar-refractivity contribution in [3.63, 3.8) is 0 Å². The molecule has 0 aromatic rings. The van der Waals surface area contributed by atoms with Gasteiger partial charge in [0.25, 0.3) is 0 Å². The fourth-order valence-electron chi connectivity index (χ4n) is 6.43. The van der Waals surface area contributed by atoms with Gasteiger partial charge < -0.3 is 9.53 Å². The third-order valence-electron chi connectivity index (χ3n) is 6.45. The second-order valence-electron chi connectivity index (χ2n) is 5.70. The Labute approximate surface area is 80.8 Å². The molecule has 0 radical (unpaired) electrons. The fraction of sp³-hybridized carbons (Fsp3) is 0.818. The van der Waals surface area contributed by atoms with E-state index in [1.54, 1.807) is 0 Å². The quantitative estimate of drug-likeness (QED) is 0.458. The van der Waals surface area contributed by atoms with Crippen molar-refractivity contribution in [3.05, 3.63) is 0 Å². The standard InChI is InChI=1S/C11H10O3/c1-14-9(13)11-6-3-7(11)5-8(11)4(6)10(3,5)2-12/h2-8H,1H3. The smallest absolute Gasteiger partial charge is 0.312 e. The zero-order chi connectivity index (χ0) is 9.46. The summed E-state index contributed by atoms with van der Waals surface area (Å²) in [6, 6.07) is 0. The predicted octanol–water partition coefficient (Wildman–Crippen LogP) is 0.0963. The number of hydrogen-bond donors (Lipinski definition) is 0. The van der Waals surface area contributed by atoms with E-state index in [-0.39, 0.29) is 16.8 Å². The molecule has 0 bridgehead atoms. The maximum Gasteiger partial charge on any atom is 0.312 e. The number of rotatable bonds is 2. The topological polar surface area (TPSA) is 43.4 Å². The van der Waals surface area contributed by atoms with E-state index in [1.165, 1.54) is 13.4 Å². The lowest BCUT2D eigenvalue weighted by Crippen LogP contribution is -3.11. The van der Waals surface area contributed by atoms with Crippen LogP contribution in [0.3, 0.4) is 0 Å². The van der Waals surface area contributed by atoms with Crippen LogP contribution in [-0.2, 0) is 14.3 Å². The number of carbonyl (C=O) groups excluding carboxylic acids is 2. The van der Waals surface area contributed by atoms with E-state index in [1.807, 2.05) is 0 Å². The van der Waals surface area contributed by atoms with Gasteiger partial charge in [-0.05, 0) is 35.5 Å². The lowest BCUT2D eigenvalue weighted by Gasteiger charge is -3.09. The van der Waals surface area contributed by atoms with Gasteiger partial charge in [0.1, 0.15) is 6.29 Å². The van der Waals surface area contributed by atoms with Gasteiger partial charge in [-0.15, -0.1) is 0 Å². The van der Waals surface area contributed by atoms with Crippen LogP contribution in [0.2, 0.25) is 0 Å². The Morgan fingerprint density at radius 1 is 1.14 bits per heavy atom. The van der Waals surface area contributed by atoms with E-state index in [4.69, 9.17) is 4.74 Å². The number of hydrogen-bond acceptors (Lipinski definition) is 3. The third-order valence-corrected chi connectivity index (χ3v) is 6.45. The Hall–Kier alpha value is -0.860. The Kier molecular flexibility index (Phi) is 0.609. The van der Waals surface area contributed by atoms with Crippen LogP contribution in [0.1, 0.15) is 0 Å². The van der Waals surface area contributed by atoms with Gasteiger partial charge >= 0.3 is 5.97 Å². The van der Waals surface area contributed by atoms with Crippen LogP contribution in [0.25, 0.3) is 0 Å². The van der Waals surface area contributed by atoms with Crippen molar-refractivity contribution in [3.8, 4) is 0 Å². The van der Waals surface area contributed by atoms with Gasteiger partial charge in [0, 0.05) is 5.41 Å². The zero-order valence-corrected chi connectivity index (χ0v) is 7.77. The first-order chi connectivity index (χ1) is 6.77. The fourth-order valence-corrected chi connectivity index (χ4v) is 6.43. The van der Waals surface area contributed by atoms with Crippen LogP contribution in [-0.4, -0.2) is 19.4 Å². The van der Waals surface area contributed by atoms with Crippen molar-refractivity contribution in [2.45, 2.75) is 0 Å². The summed E-state index contributed by atoms with van der Waals surface area (Å²) < 4.78 is 4.90. The number of esters is 1. The monoisotopic (exact) mass is 190 g/mol. The van der Waals surface area contributed by atoms with Gasteiger partial charge in [-0.2, -0.15) is 0 Å². The average Bonchev–Trinajstić information content (AvgIpc) is 2.27. The molecule has 3 heteroatoms. The van der Waals surface area contributed by atoms with E-state index in [2.05, 4.69) is 0 Å². The highest BCUT2D eigenvalue weighted by molar-refractivity contribution is 5.92. The molecule has 0 aliphatic heterocycles. The van der Waals surface area contributed by atoms with Gasteiger partial charge in [0.15, 0.2) is 0 Å². The van der Waals surface area contributed by atoms with Crippen molar-refractivity contribution >= 4 is 12.3 Å². The van der Waals surface area contributed by atoms with Crippen LogP contribution in [0.4, 0.5) is 0 Å². The van der Waals surface area contributed by atoms with E-state index in [0.29, 0.717) is 35.5 Å². The third kappa shape index (κ3) is 0.233. The SMILES string of the molecule is COC(=O)C12C3C4C1C1C2C3C41C=O. The number of ether oxygens (including phenoxy) is 1. The van der Waals surface area contributed by atoms with Crippen LogP contribution < -0.4 is 0 Å². The molecule has 0 saturated heterocycles. The molecule has 0 aromatic heterocycles. The van der Waals surface area contributed by atoms with E-state index >= 15 is 0 Å². The molecular weight excluding hydrogens is 180 g/mol. The van der Waals surface area contributed by atoms with Crippen LogP contribution in [0, 0.1) is 46.3 Å². The highest BCUT2D eigenvalue weighted by Gasteiger charge is 3.12. The van der Waals surface area contributed by atoms with Crippen LogP contribution >= 0.6 is 0 Å². The molecule has 6 aliphatic rings. The van der Waals surface area contributed by atoms with Gasteiger partial charge in [0.2, 0.25) is 0 Å². The van der Waals surface area contributed by atoms with Crippen LogP contribution in [0.15, 0.2) is 0 Å². The Morgan fingerprint density at radius 3 is 2.00 bits per heavy atom. The number of carbonyl (C=O) groups is 2. The molecule has 3 nitrogen and oxygen atoms in total. The maximum atomic E-state index is 11.7. The zero-order valence-electron chi connectivity index (χ0n) is 7.77. The van der Waals surface area contributed by atoms with E-state index in [0.717, 1.165) is 0 Å². The van der Waals surface area contributed by atoms with Crippen molar-refractivity contribution in [2.75, 3.05) is 7.11 Å².